The molecule has 0 unspecified atom stereocenters. The van der Waals surface area contributed by atoms with E-state index < -0.39 is 5.60 Å². The van der Waals surface area contributed by atoms with Gasteiger partial charge in [-0.25, -0.2) is 0 Å². The van der Waals surface area contributed by atoms with Crippen molar-refractivity contribution in [2.24, 2.45) is 11.8 Å². The molecule has 0 aliphatic heterocycles. The lowest BCUT2D eigenvalue weighted by Gasteiger charge is -2.27. The van der Waals surface area contributed by atoms with Gasteiger partial charge in [0, 0.05) is 0 Å². The molecule has 1 aliphatic rings. The van der Waals surface area contributed by atoms with Crippen LogP contribution in [-0.2, 0) is 0 Å². The van der Waals surface area contributed by atoms with E-state index in [9.17, 15) is 5.11 Å². The lowest BCUT2D eigenvalue weighted by atomic mass is 9.85. The normalized spacial score (nSPS) is 18.1. The molecule has 2 nitrogen and oxygen atoms in total. The fourth-order valence-corrected chi connectivity index (χ4v) is 2.73. The molecule has 1 N–H and O–H groups in total. The highest BCUT2D eigenvalue weighted by Gasteiger charge is 2.26. The van der Waals surface area contributed by atoms with E-state index in [1.807, 2.05) is 0 Å². The van der Waals surface area contributed by atoms with Gasteiger partial charge in [-0.05, 0) is 63.5 Å². The minimum Gasteiger partial charge on any atom is -0.378 e. The molecule has 122 valence electrons. The largest absolute Gasteiger partial charge is 0.378 e. The Bertz CT molecular complexity index is 319. The van der Waals surface area contributed by atoms with Gasteiger partial charge in [0.25, 0.3) is 0 Å². The van der Waals surface area contributed by atoms with E-state index in [4.69, 9.17) is 0 Å². The van der Waals surface area contributed by atoms with Crippen molar-refractivity contribution in [1.82, 2.24) is 4.90 Å². The van der Waals surface area contributed by atoms with Crippen molar-refractivity contribution >= 4 is 0 Å². The molecule has 0 aromatic rings. The van der Waals surface area contributed by atoms with E-state index in [1.54, 1.807) is 0 Å². The minimum absolute atomic E-state index is 0.694. The van der Waals surface area contributed by atoms with Crippen LogP contribution in [0.4, 0.5) is 0 Å². The van der Waals surface area contributed by atoms with Crippen molar-refractivity contribution in [3.05, 3.63) is 0 Å². The number of aliphatic hydroxyl groups is 1. The van der Waals surface area contributed by atoms with Gasteiger partial charge in [0.1, 0.15) is 5.60 Å². The van der Waals surface area contributed by atoms with Crippen molar-refractivity contribution in [2.45, 2.75) is 78.2 Å². The third-order valence-corrected chi connectivity index (χ3v) is 4.35. The maximum atomic E-state index is 10.4. The zero-order valence-corrected chi connectivity index (χ0v) is 14.6. The van der Waals surface area contributed by atoms with E-state index in [0.717, 1.165) is 57.2 Å². The van der Waals surface area contributed by atoms with Gasteiger partial charge >= 0.3 is 0 Å². The fourth-order valence-electron chi connectivity index (χ4n) is 2.73. The molecule has 1 rings (SSSR count). The maximum Gasteiger partial charge on any atom is 0.125 e. The van der Waals surface area contributed by atoms with E-state index in [2.05, 4.69) is 44.4 Å². The quantitative estimate of drug-likeness (QED) is 0.715. The fraction of sp³-hybridized carbons (Fsp3) is 0.895. The molecular weight excluding hydrogens is 258 g/mol. The van der Waals surface area contributed by atoms with Crippen LogP contribution >= 0.6 is 0 Å². The third-order valence-electron chi connectivity index (χ3n) is 4.35. The van der Waals surface area contributed by atoms with Crippen molar-refractivity contribution in [3.63, 3.8) is 0 Å². The average Bonchev–Trinajstić information content (AvgIpc) is 2.41. The Morgan fingerprint density at radius 2 is 1.48 bits per heavy atom. The molecule has 0 radical (unpaired) electrons. The molecule has 1 saturated carbocycles. The van der Waals surface area contributed by atoms with Crippen LogP contribution in [0.2, 0.25) is 0 Å². The van der Waals surface area contributed by atoms with Gasteiger partial charge in [-0.15, -0.1) is 0 Å². The first kappa shape index (κ1) is 18.5. The Morgan fingerprint density at radius 3 is 1.95 bits per heavy atom. The Kier molecular flexibility index (Phi) is 8.37. The molecule has 21 heavy (non-hydrogen) atoms. The second kappa shape index (κ2) is 9.49. The van der Waals surface area contributed by atoms with Gasteiger partial charge < -0.3 is 5.11 Å². The van der Waals surface area contributed by atoms with Crippen LogP contribution in [0, 0.1) is 23.7 Å². The van der Waals surface area contributed by atoms with Crippen molar-refractivity contribution in [3.8, 4) is 11.8 Å². The van der Waals surface area contributed by atoms with Crippen LogP contribution in [0.5, 0.6) is 0 Å². The highest BCUT2D eigenvalue weighted by atomic mass is 16.3. The summed E-state index contributed by atoms with van der Waals surface area (Å²) in [5.41, 5.74) is -0.694. The van der Waals surface area contributed by atoms with Crippen LogP contribution < -0.4 is 0 Å². The Labute approximate surface area is 132 Å². The summed E-state index contributed by atoms with van der Waals surface area (Å²) in [4.78, 5) is 2.46. The first-order valence-electron chi connectivity index (χ1n) is 8.86. The van der Waals surface area contributed by atoms with Crippen LogP contribution in [-0.4, -0.2) is 35.2 Å². The molecule has 0 amide bonds. The molecule has 0 bridgehead atoms. The van der Waals surface area contributed by atoms with Gasteiger partial charge in [0.2, 0.25) is 0 Å². The second-order valence-electron chi connectivity index (χ2n) is 7.54. The van der Waals surface area contributed by atoms with Gasteiger partial charge in [0.15, 0.2) is 0 Å². The molecule has 0 aromatic heterocycles. The smallest absolute Gasteiger partial charge is 0.125 e. The van der Waals surface area contributed by atoms with Crippen LogP contribution in [0.3, 0.4) is 0 Å². The number of nitrogens with zero attached hydrogens (tertiary/aromatic N) is 1. The Balaban J connectivity index is 2.46. The first-order valence-corrected chi connectivity index (χ1v) is 8.86. The summed E-state index contributed by atoms with van der Waals surface area (Å²) in [5, 5.41) is 10.4. The predicted octanol–water partition coefficient (Wildman–Crippen LogP) is 4.08. The summed E-state index contributed by atoms with van der Waals surface area (Å²) in [6, 6.07) is 0. The third kappa shape index (κ3) is 8.49. The molecule has 0 atom stereocenters. The highest BCUT2D eigenvalue weighted by Crippen LogP contribution is 2.27. The monoisotopic (exact) mass is 293 g/mol. The van der Waals surface area contributed by atoms with E-state index >= 15 is 0 Å². The lowest BCUT2D eigenvalue weighted by molar-refractivity contribution is 0.0608. The highest BCUT2D eigenvalue weighted by molar-refractivity contribution is 5.15. The van der Waals surface area contributed by atoms with Crippen molar-refractivity contribution in [1.29, 1.82) is 0 Å². The summed E-state index contributed by atoms with van der Waals surface area (Å²) in [7, 11) is 0. The van der Waals surface area contributed by atoms with Crippen molar-refractivity contribution < 1.29 is 5.11 Å². The summed E-state index contributed by atoms with van der Waals surface area (Å²) < 4.78 is 0. The molecule has 0 saturated heterocycles. The first-order chi connectivity index (χ1) is 9.91. The summed E-state index contributed by atoms with van der Waals surface area (Å²) >= 11 is 0. The molecule has 2 heteroatoms. The zero-order chi connectivity index (χ0) is 15.7. The van der Waals surface area contributed by atoms with Gasteiger partial charge in [-0.1, -0.05) is 46.0 Å². The summed E-state index contributed by atoms with van der Waals surface area (Å²) in [6.07, 6.45) is 7.66. The Morgan fingerprint density at radius 1 is 0.952 bits per heavy atom. The standard InChI is InChI=1S/C19H35NO/c1-17(2)9-15-20(16-10-18(3)4)14-8-13-19(21)11-6-5-7-12-19/h17-18,21H,5-7,9-12,14-16H2,1-4H3. The van der Waals surface area contributed by atoms with Gasteiger partial charge in [-0.2, -0.15) is 0 Å². The summed E-state index contributed by atoms with van der Waals surface area (Å²) in [6.45, 7) is 12.2. The van der Waals surface area contributed by atoms with Gasteiger partial charge in [0.05, 0.1) is 6.54 Å². The zero-order valence-electron chi connectivity index (χ0n) is 14.6. The predicted molar refractivity (Wildman–Crippen MR) is 91.2 cm³/mol. The second-order valence-corrected chi connectivity index (χ2v) is 7.54. The molecule has 0 aromatic carbocycles. The number of hydrogen-bond donors (Lipinski definition) is 1. The van der Waals surface area contributed by atoms with Gasteiger partial charge in [-0.3, -0.25) is 4.90 Å². The maximum absolute atomic E-state index is 10.4. The average molecular weight is 293 g/mol. The number of hydrogen-bond acceptors (Lipinski definition) is 2. The minimum atomic E-state index is -0.694. The van der Waals surface area contributed by atoms with E-state index in [1.165, 1.54) is 19.3 Å². The van der Waals surface area contributed by atoms with Crippen molar-refractivity contribution in [2.75, 3.05) is 19.6 Å². The molecule has 0 heterocycles. The van der Waals surface area contributed by atoms with Crippen LogP contribution in [0.25, 0.3) is 0 Å². The molecule has 1 aliphatic carbocycles. The Hall–Kier alpha value is -0.520. The lowest BCUT2D eigenvalue weighted by Crippen LogP contribution is -2.31. The van der Waals surface area contributed by atoms with Crippen LogP contribution in [0.1, 0.15) is 72.6 Å². The SMILES string of the molecule is CC(C)CCN(CC#CC1(O)CCCCC1)CCC(C)C. The van der Waals surface area contributed by atoms with Crippen LogP contribution in [0.15, 0.2) is 0 Å². The molecule has 1 fully saturated rings. The topological polar surface area (TPSA) is 23.5 Å². The molecular formula is C19H35NO. The van der Waals surface area contributed by atoms with E-state index in [0.29, 0.717) is 0 Å². The molecule has 0 spiro atoms. The summed E-state index contributed by atoms with van der Waals surface area (Å²) in [5.74, 6) is 7.91. The number of rotatable bonds is 7. The van der Waals surface area contributed by atoms with E-state index in [-0.39, 0.29) is 0 Å².